The summed E-state index contributed by atoms with van der Waals surface area (Å²) in [6, 6.07) is 7.23. The van der Waals surface area contributed by atoms with Crippen molar-refractivity contribution in [1.82, 2.24) is 5.32 Å². The van der Waals surface area contributed by atoms with E-state index in [1.807, 2.05) is 17.5 Å². The predicted molar refractivity (Wildman–Crippen MR) is 82.3 cm³/mol. The highest BCUT2D eigenvalue weighted by molar-refractivity contribution is 7.10. The number of hydrogen-bond acceptors (Lipinski definition) is 3. The van der Waals surface area contributed by atoms with Gasteiger partial charge in [0.25, 0.3) is 0 Å². The summed E-state index contributed by atoms with van der Waals surface area (Å²) < 4.78 is 13.7. The number of aliphatic hydroxyl groups excluding tert-OH is 1. The number of urea groups is 1. The Bertz CT molecular complexity index is 607. The van der Waals surface area contributed by atoms with Crippen molar-refractivity contribution >= 4 is 34.7 Å². The number of benzene rings is 1. The zero-order valence-corrected chi connectivity index (χ0v) is 12.5. The van der Waals surface area contributed by atoms with E-state index in [0.29, 0.717) is 6.42 Å². The van der Waals surface area contributed by atoms with Crippen LogP contribution in [0.2, 0.25) is 5.02 Å². The van der Waals surface area contributed by atoms with Gasteiger partial charge in [-0.1, -0.05) is 23.7 Å². The smallest absolute Gasteiger partial charge is 0.319 e. The van der Waals surface area contributed by atoms with E-state index < -0.39 is 11.8 Å². The molecule has 1 heterocycles. The number of rotatable bonds is 5. The van der Waals surface area contributed by atoms with Crippen molar-refractivity contribution in [3.05, 3.63) is 51.4 Å². The number of carbonyl (C=O) groups is 1. The van der Waals surface area contributed by atoms with E-state index in [0.717, 1.165) is 4.88 Å². The largest absolute Gasteiger partial charge is 0.396 e. The first kappa shape index (κ1) is 15.8. The van der Waals surface area contributed by atoms with E-state index in [4.69, 9.17) is 16.7 Å². The Labute approximate surface area is 130 Å². The van der Waals surface area contributed by atoms with Crippen LogP contribution in [0.3, 0.4) is 0 Å². The first-order chi connectivity index (χ1) is 10.1. The van der Waals surface area contributed by atoms with Crippen molar-refractivity contribution < 1.29 is 14.3 Å². The molecule has 2 rings (SSSR count). The Hall–Kier alpha value is -1.63. The third-order valence-corrected chi connectivity index (χ3v) is 4.09. The molecule has 4 nitrogen and oxygen atoms in total. The van der Waals surface area contributed by atoms with Crippen LogP contribution < -0.4 is 10.6 Å². The van der Waals surface area contributed by atoms with E-state index in [1.165, 1.54) is 23.5 Å². The van der Waals surface area contributed by atoms with Crippen LogP contribution in [-0.2, 0) is 0 Å². The van der Waals surface area contributed by atoms with Gasteiger partial charge in [-0.25, -0.2) is 9.18 Å². The van der Waals surface area contributed by atoms with Crippen LogP contribution in [0.25, 0.3) is 0 Å². The number of amides is 2. The molecule has 0 saturated heterocycles. The molecular formula is C14H14ClFN2O2S. The van der Waals surface area contributed by atoms with Gasteiger partial charge in [0, 0.05) is 11.5 Å². The normalized spacial score (nSPS) is 12.0. The molecule has 7 heteroatoms. The standard InChI is InChI=1S/C14H14ClFN2O2S/c15-9-3-1-4-11(13(9)16)18-14(20)17-10(6-7-19)12-5-2-8-21-12/h1-5,8,10,19H,6-7H2,(H2,17,18,20)/t10-/m1/s1. The second kappa shape index (κ2) is 7.40. The van der Waals surface area contributed by atoms with Gasteiger partial charge in [-0.05, 0) is 30.0 Å². The van der Waals surface area contributed by atoms with Gasteiger partial charge in [-0.15, -0.1) is 11.3 Å². The fourth-order valence-corrected chi connectivity index (χ4v) is 2.81. The highest BCUT2D eigenvalue weighted by atomic mass is 35.5. The highest BCUT2D eigenvalue weighted by Gasteiger charge is 2.16. The molecule has 0 aliphatic rings. The first-order valence-electron chi connectivity index (χ1n) is 6.27. The summed E-state index contributed by atoms with van der Waals surface area (Å²) in [6.07, 6.45) is 0.381. The summed E-state index contributed by atoms with van der Waals surface area (Å²) in [5.41, 5.74) is 0.00827. The van der Waals surface area contributed by atoms with Crippen molar-refractivity contribution in [3.8, 4) is 0 Å². The van der Waals surface area contributed by atoms with Crippen molar-refractivity contribution in [3.63, 3.8) is 0 Å². The van der Waals surface area contributed by atoms with Gasteiger partial charge >= 0.3 is 6.03 Å². The minimum atomic E-state index is -0.677. The first-order valence-corrected chi connectivity index (χ1v) is 7.53. The molecule has 0 unspecified atom stereocenters. The average Bonchev–Trinajstić information content (AvgIpc) is 2.97. The van der Waals surface area contributed by atoms with Crippen LogP contribution in [0.4, 0.5) is 14.9 Å². The molecule has 0 saturated carbocycles. The summed E-state index contributed by atoms with van der Waals surface area (Å²) in [4.78, 5) is 12.9. The molecule has 3 N–H and O–H groups in total. The van der Waals surface area contributed by atoms with Crippen molar-refractivity contribution in [2.45, 2.75) is 12.5 Å². The number of hydrogen-bond donors (Lipinski definition) is 3. The molecule has 0 aliphatic carbocycles. The summed E-state index contributed by atoms with van der Waals surface area (Å²) in [7, 11) is 0. The van der Waals surface area contributed by atoms with E-state index >= 15 is 0 Å². The van der Waals surface area contributed by atoms with Crippen molar-refractivity contribution in [1.29, 1.82) is 0 Å². The molecule has 0 fully saturated rings. The third-order valence-electron chi connectivity index (χ3n) is 2.81. The predicted octanol–water partition coefficient (Wildman–Crippen LogP) is 3.79. The lowest BCUT2D eigenvalue weighted by Crippen LogP contribution is -2.33. The van der Waals surface area contributed by atoms with E-state index in [9.17, 15) is 9.18 Å². The maximum absolute atomic E-state index is 13.7. The molecule has 1 atom stereocenters. The van der Waals surface area contributed by atoms with E-state index in [2.05, 4.69) is 10.6 Å². The van der Waals surface area contributed by atoms with Crippen LogP contribution in [0, 0.1) is 5.82 Å². The molecule has 0 aliphatic heterocycles. The summed E-state index contributed by atoms with van der Waals surface area (Å²) in [5.74, 6) is -0.677. The molecule has 112 valence electrons. The minimum absolute atomic E-state index is 0.00827. The number of anilines is 1. The average molecular weight is 329 g/mol. The van der Waals surface area contributed by atoms with Gasteiger partial charge in [-0.2, -0.15) is 0 Å². The Balaban J connectivity index is 2.04. The zero-order chi connectivity index (χ0) is 15.2. The molecule has 1 aromatic heterocycles. The fourth-order valence-electron chi connectivity index (χ4n) is 1.82. The lowest BCUT2D eigenvalue weighted by atomic mass is 10.2. The number of nitrogens with one attached hydrogen (secondary N) is 2. The molecule has 0 bridgehead atoms. The second-order valence-corrected chi connectivity index (χ2v) is 5.67. The van der Waals surface area contributed by atoms with Gasteiger partial charge < -0.3 is 15.7 Å². The van der Waals surface area contributed by atoms with E-state index in [1.54, 1.807) is 6.07 Å². The van der Waals surface area contributed by atoms with Crippen molar-refractivity contribution in [2.24, 2.45) is 0 Å². The van der Waals surface area contributed by atoms with Gasteiger partial charge in [0.15, 0.2) is 5.82 Å². The molecule has 2 aromatic rings. The molecule has 0 radical (unpaired) electrons. The molecule has 21 heavy (non-hydrogen) atoms. The summed E-state index contributed by atoms with van der Waals surface area (Å²) >= 11 is 7.13. The molecule has 0 spiro atoms. The Morgan fingerprint density at radius 1 is 1.38 bits per heavy atom. The Morgan fingerprint density at radius 2 is 2.19 bits per heavy atom. The summed E-state index contributed by atoms with van der Waals surface area (Å²) in [6.45, 7) is -0.0611. The van der Waals surface area contributed by atoms with Crippen LogP contribution >= 0.6 is 22.9 Å². The number of aliphatic hydroxyl groups is 1. The highest BCUT2D eigenvalue weighted by Crippen LogP contribution is 2.24. The molecular weight excluding hydrogens is 315 g/mol. The molecule has 1 aromatic carbocycles. The van der Waals surface area contributed by atoms with Gasteiger partial charge in [-0.3, -0.25) is 0 Å². The number of thiophene rings is 1. The Kier molecular flexibility index (Phi) is 5.55. The quantitative estimate of drug-likeness (QED) is 0.782. The SMILES string of the molecule is O=C(Nc1cccc(Cl)c1F)N[C@H](CCO)c1cccs1. The third kappa shape index (κ3) is 4.17. The molecule has 2 amide bonds. The fraction of sp³-hybridized carbons (Fsp3) is 0.214. The van der Waals surface area contributed by atoms with Crippen LogP contribution in [0.15, 0.2) is 35.7 Å². The monoisotopic (exact) mass is 328 g/mol. The zero-order valence-electron chi connectivity index (χ0n) is 11.0. The minimum Gasteiger partial charge on any atom is -0.396 e. The number of halogens is 2. The van der Waals surface area contributed by atoms with E-state index in [-0.39, 0.29) is 23.4 Å². The number of carbonyl (C=O) groups excluding carboxylic acids is 1. The topological polar surface area (TPSA) is 61.4 Å². The van der Waals surface area contributed by atoms with Crippen LogP contribution in [0.5, 0.6) is 0 Å². The maximum Gasteiger partial charge on any atom is 0.319 e. The maximum atomic E-state index is 13.7. The van der Waals surface area contributed by atoms with Gasteiger partial charge in [0.1, 0.15) is 0 Å². The second-order valence-electron chi connectivity index (χ2n) is 4.28. The Morgan fingerprint density at radius 3 is 2.86 bits per heavy atom. The lowest BCUT2D eigenvalue weighted by molar-refractivity contribution is 0.239. The van der Waals surface area contributed by atoms with Crippen molar-refractivity contribution in [2.75, 3.05) is 11.9 Å². The van der Waals surface area contributed by atoms with Crippen LogP contribution in [-0.4, -0.2) is 17.7 Å². The lowest BCUT2D eigenvalue weighted by Gasteiger charge is -2.17. The van der Waals surface area contributed by atoms with Crippen LogP contribution in [0.1, 0.15) is 17.3 Å². The van der Waals surface area contributed by atoms with Gasteiger partial charge in [0.2, 0.25) is 0 Å². The van der Waals surface area contributed by atoms with Gasteiger partial charge in [0.05, 0.1) is 16.8 Å². The summed E-state index contributed by atoms with van der Waals surface area (Å²) in [5, 5.41) is 16.0.